The third-order valence-electron chi connectivity index (χ3n) is 4.69. The summed E-state index contributed by atoms with van der Waals surface area (Å²) in [6.07, 6.45) is 3.68. The van der Waals surface area contributed by atoms with E-state index in [2.05, 4.69) is 10.3 Å². The van der Waals surface area contributed by atoms with Crippen molar-refractivity contribution in [1.29, 1.82) is 0 Å². The molecule has 3 rings (SSSR count). The van der Waals surface area contributed by atoms with Crippen molar-refractivity contribution in [2.24, 2.45) is 5.92 Å². The zero-order chi connectivity index (χ0) is 18.5. The number of aromatic nitrogens is 1. The van der Waals surface area contributed by atoms with Crippen LogP contribution < -0.4 is 15.5 Å². The van der Waals surface area contributed by atoms with Crippen molar-refractivity contribution in [1.82, 2.24) is 15.8 Å². The molecule has 1 saturated carbocycles. The summed E-state index contributed by atoms with van der Waals surface area (Å²) in [5.41, 5.74) is 3.64. The number of carbonyl (C=O) groups is 2. The first-order valence-corrected chi connectivity index (χ1v) is 8.48. The Labute approximate surface area is 151 Å². The van der Waals surface area contributed by atoms with Crippen LogP contribution in [0.3, 0.4) is 0 Å². The number of carbonyl (C=O) groups excluding carboxylic acids is 2. The summed E-state index contributed by atoms with van der Waals surface area (Å²) in [6.45, 7) is 0. The van der Waals surface area contributed by atoms with Gasteiger partial charge in [0.2, 0.25) is 5.91 Å². The molecule has 2 amide bonds. The van der Waals surface area contributed by atoms with Crippen LogP contribution in [0.2, 0.25) is 0 Å². The third kappa shape index (κ3) is 3.67. The highest BCUT2D eigenvalue weighted by molar-refractivity contribution is 5.95. The van der Waals surface area contributed by atoms with Gasteiger partial charge in [-0.15, -0.1) is 0 Å². The number of pyridine rings is 1. The Morgan fingerprint density at radius 1 is 1.19 bits per heavy atom. The number of para-hydroxylation sites is 1. The molecule has 1 heterocycles. The van der Waals surface area contributed by atoms with Crippen LogP contribution in [0.5, 0.6) is 5.75 Å². The quantitative estimate of drug-likeness (QED) is 0.564. The lowest BCUT2D eigenvalue weighted by molar-refractivity contribution is -0.133. The lowest BCUT2D eigenvalue weighted by Crippen LogP contribution is -2.43. The van der Waals surface area contributed by atoms with Crippen LogP contribution in [0.15, 0.2) is 42.6 Å². The fourth-order valence-corrected chi connectivity index (χ4v) is 3.33. The van der Waals surface area contributed by atoms with Crippen LogP contribution in [0.25, 0.3) is 11.3 Å². The highest BCUT2D eigenvalue weighted by atomic mass is 16.5. The van der Waals surface area contributed by atoms with Crippen molar-refractivity contribution in [3.05, 3.63) is 48.2 Å². The molecule has 0 radical (unpaired) electrons. The first-order chi connectivity index (χ1) is 12.6. The van der Waals surface area contributed by atoms with Gasteiger partial charge >= 0.3 is 0 Å². The first kappa shape index (κ1) is 17.9. The smallest absolute Gasteiger partial charge is 0.253 e. The molecule has 26 heavy (non-hydrogen) atoms. The van der Waals surface area contributed by atoms with Gasteiger partial charge in [0, 0.05) is 17.8 Å². The number of ether oxygens (including phenoxy) is 1. The second-order valence-electron chi connectivity index (χ2n) is 6.23. The molecule has 136 valence electrons. The molecular weight excluding hydrogens is 334 g/mol. The maximum atomic E-state index is 12.5. The standard InChI is InChI=1S/C19H21N3O4/c1-26-17-8-3-2-5-13(17)15-10-9-12(11-20-15)18(23)21-16-7-4-6-14(16)19(24)22-25/h2-3,5,8-11,14,16,25H,4,6-7H2,1H3,(H,21,23)(H,22,24). The fraction of sp³-hybridized carbons (Fsp3) is 0.316. The molecule has 2 unspecified atom stereocenters. The Morgan fingerprint density at radius 2 is 2.00 bits per heavy atom. The zero-order valence-electron chi connectivity index (χ0n) is 14.4. The second kappa shape index (κ2) is 7.97. The summed E-state index contributed by atoms with van der Waals surface area (Å²) in [4.78, 5) is 28.5. The average Bonchev–Trinajstić information content (AvgIpc) is 3.15. The second-order valence-corrected chi connectivity index (χ2v) is 6.23. The maximum Gasteiger partial charge on any atom is 0.253 e. The minimum Gasteiger partial charge on any atom is -0.496 e. The van der Waals surface area contributed by atoms with Gasteiger partial charge in [0.1, 0.15) is 5.75 Å². The number of benzene rings is 1. The molecule has 1 aliphatic rings. The van der Waals surface area contributed by atoms with Crippen molar-refractivity contribution in [2.75, 3.05) is 7.11 Å². The lowest BCUT2D eigenvalue weighted by Gasteiger charge is -2.19. The topological polar surface area (TPSA) is 101 Å². The Kier molecular flexibility index (Phi) is 5.48. The summed E-state index contributed by atoms with van der Waals surface area (Å²) in [5.74, 6) is -0.449. The minimum absolute atomic E-state index is 0.285. The van der Waals surface area contributed by atoms with Gasteiger partial charge in [-0.25, -0.2) is 5.48 Å². The van der Waals surface area contributed by atoms with E-state index >= 15 is 0 Å². The molecule has 1 aromatic carbocycles. The van der Waals surface area contributed by atoms with E-state index in [1.54, 1.807) is 24.7 Å². The van der Waals surface area contributed by atoms with Crippen LogP contribution in [0.1, 0.15) is 29.6 Å². The van der Waals surface area contributed by atoms with Crippen LogP contribution in [-0.2, 0) is 4.79 Å². The van der Waals surface area contributed by atoms with E-state index in [9.17, 15) is 9.59 Å². The number of amides is 2. The Balaban J connectivity index is 1.72. The number of hydrogen-bond acceptors (Lipinski definition) is 5. The van der Waals surface area contributed by atoms with Crippen LogP contribution in [0, 0.1) is 5.92 Å². The molecule has 7 nitrogen and oxygen atoms in total. The highest BCUT2D eigenvalue weighted by Gasteiger charge is 2.34. The van der Waals surface area contributed by atoms with Crippen molar-refractivity contribution in [2.45, 2.75) is 25.3 Å². The predicted molar refractivity (Wildman–Crippen MR) is 94.7 cm³/mol. The number of nitrogens with one attached hydrogen (secondary N) is 2. The monoisotopic (exact) mass is 355 g/mol. The van der Waals surface area contributed by atoms with E-state index in [1.165, 1.54) is 6.20 Å². The van der Waals surface area contributed by atoms with Gasteiger partial charge in [-0.3, -0.25) is 19.8 Å². The molecule has 0 aliphatic heterocycles. The molecule has 0 bridgehead atoms. The van der Waals surface area contributed by atoms with E-state index < -0.39 is 11.8 Å². The largest absolute Gasteiger partial charge is 0.496 e. The molecule has 1 aliphatic carbocycles. The Morgan fingerprint density at radius 3 is 2.69 bits per heavy atom. The van der Waals surface area contributed by atoms with Gasteiger partial charge in [0.05, 0.1) is 24.3 Å². The Bertz CT molecular complexity index is 792. The summed E-state index contributed by atoms with van der Waals surface area (Å²) in [7, 11) is 1.60. The van der Waals surface area contributed by atoms with Crippen LogP contribution in [-0.4, -0.2) is 35.2 Å². The van der Waals surface area contributed by atoms with Gasteiger partial charge in [-0.1, -0.05) is 18.6 Å². The van der Waals surface area contributed by atoms with Crippen molar-refractivity contribution < 1.29 is 19.5 Å². The van der Waals surface area contributed by atoms with Gasteiger partial charge in [-0.2, -0.15) is 0 Å². The van der Waals surface area contributed by atoms with Gasteiger partial charge in [0.15, 0.2) is 0 Å². The third-order valence-corrected chi connectivity index (χ3v) is 4.69. The molecule has 2 atom stereocenters. The minimum atomic E-state index is -0.461. The summed E-state index contributed by atoms with van der Waals surface area (Å²) < 4.78 is 5.33. The molecule has 1 aromatic heterocycles. The summed E-state index contributed by atoms with van der Waals surface area (Å²) in [5, 5.41) is 11.7. The Hall–Kier alpha value is -2.93. The van der Waals surface area contributed by atoms with E-state index in [0.29, 0.717) is 29.8 Å². The summed E-state index contributed by atoms with van der Waals surface area (Å²) in [6, 6.07) is 10.7. The maximum absolute atomic E-state index is 12.5. The van der Waals surface area contributed by atoms with Crippen LogP contribution >= 0.6 is 0 Å². The summed E-state index contributed by atoms with van der Waals surface area (Å²) >= 11 is 0. The number of rotatable bonds is 5. The molecular formula is C19H21N3O4. The van der Waals surface area contributed by atoms with E-state index in [4.69, 9.17) is 9.94 Å². The molecule has 0 spiro atoms. The van der Waals surface area contributed by atoms with E-state index in [0.717, 1.165) is 12.0 Å². The normalized spacial score (nSPS) is 19.0. The predicted octanol–water partition coefficient (Wildman–Crippen LogP) is 2.16. The van der Waals surface area contributed by atoms with E-state index in [-0.39, 0.29) is 11.9 Å². The number of nitrogens with zero attached hydrogens (tertiary/aromatic N) is 1. The number of hydrogen-bond donors (Lipinski definition) is 3. The molecule has 7 heteroatoms. The number of hydroxylamine groups is 1. The van der Waals surface area contributed by atoms with Crippen molar-refractivity contribution in [3.8, 4) is 17.0 Å². The van der Waals surface area contributed by atoms with Gasteiger partial charge < -0.3 is 10.1 Å². The van der Waals surface area contributed by atoms with E-state index in [1.807, 2.05) is 24.3 Å². The van der Waals surface area contributed by atoms with Gasteiger partial charge in [0.25, 0.3) is 5.91 Å². The molecule has 2 aromatic rings. The van der Waals surface area contributed by atoms with Gasteiger partial charge in [-0.05, 0) is 37.1 Å². The van der Waals surface area contributed by atoms with Crippen molar-refractivity contribution >= 4 is 11.8 Å². The average molecular weight is 355 g/mol. The molecule has 3 N–H and O–H groups in total. The fourth-order valence-electron chi connectivity index (χ4n) is 3.33. The lowest BCUT2D eigenvalue weighted by atomic mass is 10.0. The highest BCUT2D eigenvalue weighted by Crippen LogP contribution is 2.28. The zero-order valence-corrected chi connectivity index (χ0v) is 14.4. The molecule has 0 saturated heterocycles. The van der Waals surface area contributed by atoms with Crippen LogP contribution in [0.4, 0.5) is 0 Å². The SMILES string of the molecule is COc1ccccc1-c1ccc(C(=O)NC2CCCC2C(=O)NO)cn1. The number of methoxy groups -OCH3 is 1. The van der Waals surface area contributed by atoms with Crippen molar-refractivity contribution in [3.63, 3.8) is 0 Å². The first-order valence-electron chi connectivity index (χ1n) is 8.48. The molecule has 1 fully saturated rings.